The third kappa shape index (κ3) is 2.02. The molecule has 1 fully saturated rings. The summed E-state index contributed by atoms with van der Waals surface area (Å²) in [5, 5.41) is 12.0. The molecule has 0 bridgehead atoms. The van der Waals surface area contributed by atoms with Gasteiger partial charge in [-0.1, -0.05) is 0 Å². The van der Waals surface area contributed by atoms with Gasteiger partial charge in [-0.2, -0.15) is 5.26 Å². The van der Waals surface area contributed by atoms with Gasteiger partial charge in [0, 0.05) is 12.2 Å². The summed E-state index contributed by atoms with van der Waals surface area (Å²) < 4.78 is 0. The highest BCUT2D eigenvalue weighted by Gasteiger charge is 2.27. The minimum Gasteiger partial charge on any atom is -0.367 e. The zero-order valence-electron chi connectivity index (χ0n) is 8.20. The van der Waals surface area contributed by atoms with Crippen LogP contribution in [0.25, 0.3) is 0 Å². The zero-order chi connectivity index (χ0) is 9.97. The summed E-state index contributed by atoms with van der Waals surface area (Å²) in [6.07, 6.45) is 4.29. The van der Waals surface area contributed by atoms with E-state index in [0.717, 1.165) is 11.7 Å². The molecule has 72 valence electrons. The van der Waals surface area contributed by atoms with Gasteiger partial charge in [0.05, 0.1) is 11.6 Å². The number of rotatable bonds is 3. The normalized spacial score (nSPS) is 17.1. The standard InChI is InChI=1S/C11H13N3/c1-8(10-2-3-10)14-11-6-9(7-12)4-5-13-11/h4-6,8,10H,2-3H2,1H3,(H,13,14). The lowest BCUT2D eigenvalue weighted by molar-refractivity contribution is 0.690. The highest BCUT2D eigenvalue weighted by molar-refractivity contribution is 5.43. The molecular formula is C11H13N3. The lowest BCUT2D eigenvalue weighted by Gasteiger charge is -2.12. The van der Waals surface area contributed by atoms with Crippen molar-refractivity contribution < 1.29 is 0 Å². The van der Waals surface area contributed by atoms with Crippen molar-refractivity contribution in [3.8, 4) is 6.07 Å². The molecular weight excluding hydrogens is 174 g/mol. The van der Waals surface area contributed by atoms with E-state index in [1.54, 1.807) is 18.3 Å². The molecule has 1 unspecified atom stereocenters. The molecule has 2 rings (SSSR count). The Balaban J connectivity index is 2.04. The number of hydrogen-bond acceptors (Lipinski definition) is 3. The fraction of sp³-hybridized carbons (Fsp3) is 0.455. The summed E-state index contributed by atoms with van der Waals surface area (Å²) >= 11 is 0. The van der Waals surface area contributed by atoms with Gasteiger partial charge >= 0.3 is 0 Å². The first-order valence-corrected chi connectivity index (χ1v) is 4.92. The Kier molecular flexibility index (Phi) is 2.36. The predicted octanol–water partition coefficient (Wildman–Crippen LogP) is 2.16. The molecule has 0 saturated heterocycles. The Morgan fingerprint density at radius 1 is 1.64 bits per heavy atom. The minimum absolute atomic E-state index is 0.469. The maximum atomic E-state index is 8.71. The Bertz CT molecular complexity index is 363. The highest BCUT2D eigenvalue weighted by atomic mass is 15.0. The molecule has 1 aromatic heterocycles. The molecule has 0 aromatic carbocycles. The van der Waals surface area contributed by atoms with Gasteiger partial charge in [0.25, 0.3) is 0 Å². The minimum atomic E-state index is 0.469. The van der Waals surface area contributed by atoms with Crippen molar-refractivity contribution in [3.63, 3.8) is 0 Å². The van der Waals surface area contributed by atoms with Crippen LogP contribution in [0.3, 0.4) is 0 Å². The Hall–Kier alpha value is -1.56. The Labute approximate surface area is 83.8 Å². The van der Waals surface area contributed by atoms with Gasteiger partial charge in [-0.15, -0.1) is 0 Å². The summed E-state index contributed by atoms with van der Waals surface area (Å²) in [5.41, 5.74) is 0.658. The average Bonchev–Trinajstić information content (AvgIpc) is 3.01. The molecule has 1 N–H and O–H groups in total. The van der Waals surface area contributed by atoms with Crippen LogP contribution in [0.1, 0.15) is 25.3 Å². The second-order valence-corrected chi connectivity index (χ2v) is 3.81. The number of nitriles is 1. The molecule has 0 radical (unpaired) electrons. The molecule has 1 aromatic rings. The lowest BCUT2D eigenvalue weighted by atomic mass is 10.2. The SMILES string of the molecule is CC(Nc1cc(C#N)ccn1)C1CC1. The Morgan fingerprint density at radius 3 is 3.07 bits per heavy atom. The molecule has 1 atom stereocenters. The maximum Gasteiger partial charge on any atom is 0.127 e. The molecule has 0 aliphatic heterocycles. The summed E-state index contributed by atoms with van der Waals surface area (Å²) in [6.45, 7) is 2.17. The van der Waals surface area contributed by atoms with Crippen molar-refractivity contribution in [2.24, 2.45) is 5.92 Å². The van der Waals surface area contributed by atoms with Crippen LogP contribution in [0, 0.1) is 17.2 Å². The topological polar surface area (TPSA) is 48.7 Å². The smallest absolute Gasteiger partial charge is 0.127 e. The van der Waals surface area contributed by atoms with Crippen molar-refractivity contribution in [3.05, 3.63) is 23.9 Å². The van der Waals surface area contributed by atoms with E-state index in [2.05, 4.69) is 23.3 Å². The molecule has 1 aliphatic carbocycles. The van der Waals surface area contributed by atoms with Crippen molar-refractivity contribution in [1.82, 2.24) is 4.98 Å². The first-order chi connectivity index (χ1) is 6.79. The number of aromatic nitrogens is 1. The molecule has 1 heterocycles. The quantitative estimate of drug-likeness (QED) is 0.788. The number of pyridine rings is 1. The van der Waals surface area contributed by atoms with Crippen LogP contribution < -0.4 is 5.32 Å². The van der Waals surface area contributed by atoms with E-state index in [-0.39, 0.29) is 0 Å². The van der Waals surface area contributed by atoms with Crippen LogP contribution in [-0.2, 0) is 0 Å². The van der Waals surface area contributed by atoms with Crippen LogP contribution >= 0.6 is 0 Å². The number of anilines is 1. The summed E-state index contributed by atoms with van der Waals surface area (Å²) in [6, 6.07) is 6.08. The van der Waals surface area contributed by atoms with E-state index in [4.69, 9.17) is 5.26 Å². The second kappa shape index (κ2) is 3.67. The zero-order valence-corrected chi connectivity index (χ0v) is 8.20. The number of nitrogens with zero attached hydrogens (tertiary/aromatic N) is 2. The van der Waals surface area contributed by atoms with Gasteiger partial charge in [0.2, 0.25) is 0 Å². The fourth-order valence-electron chi connectivity index (χ4n) is 1.53. The van der Waals surface area contributed by atoms with Crippen molar-refractivity contribution in [2.45, 2.75) is 25.8 Å². The van der Waals surface area contributed by atoms with E-state index in [1.165, 1.54) is 12.8 Å². The molecule has 1 saturated carbocycles. The van der Waals surface area contributed by atoms with E-state index in [9.17, 15) is 0 Å². The van der Waals surface area contributed by atoms with Gasteiger partial charge in [-0.25, -0.2) is 4.98 Å². The second-order valence-electron chi connectivity index (χ2n) is 3.81. The largest absolute Gasteiger partial charge is 0.367 e. The number of hydrogen-bond donors (Lipinski definition) is 1. The van der Waals surface area contributed by atoms with Crippen LogP contribution in [0.4, 0.5) is 5.82 Å². The summed E-state index contributed by atoms with van der Waals surface area (Å²) in [4.78, 5) is 4.18. The van der Waals surface area contributed by atoms with E-state index < -0.39 is 0 Å². The highest BCUT2D eigenvalue weighted by Crippen LogP contribution is 2.33. The van der Waals surface area contributed by atoms with Gasteiger partial charge in [0.1, 0.15) is 5.82 Å². The lowest BCUT2D eigenvalue weighted by Crippen LogP contribution is -2.17. The summed E-state index contributed by atoms with van der Waals surface area (Å²) in [7, 11) is 0. The van der Waals surface area contributed by atoms with Crippen LogP contribution in [0.15, 0.2) is 18.3 Å². The van der Waals surface area contributed by atoms with Crippen LogP contribution in [-0.4, -0.2) is 11.0 Å². The van der Waals surface area contributed by atoms with Crippen LogP contribution in [0.5, 0.6) is 0 Å². The third-order valence-corrected chi connectivity index (χ3v) is 2.59. The van der Waals surface area contributed by atoms with Crippen molar-refractivity contribution in [1.29, 1.82) is 5.26 Å². The van der Waals surface area contributed by atoms with E-state index in [0.29, 0.717) is 11.6 Å². The monoisotopic (exact) mass is 187 g/mol. The first kappa shape index (κ1) is 9.01. The van der Waals surface area contributed by atoms with Gasteiger partial charge in [0.15, 0.2) is 0 Å². The van der Waals surface area contributed by atoms with Crippen molar-refractivity contribution in [2.75, 3.05) is 5.32 Å². The predicted molar refractivity (Wildman–Crippen MR) is 54.8 cm³/mol. The van der Waals surface area contributed by atoms with Gasteiger partial charge in [-0.05, 0) is 37.8 Å². The van der Waals surface area contributed by atoms with E-state index in [1.807, 2.05) is 0 Å². The maximum absolute atomic E-state index is 8.71. The molecule has 0 spiro atoms. The third-order valence-electron chi connectivity index (χ3n) is 2.59. The van der Waals surface area contributed by atoms with E-state index >= 15 is 0 Å². The Morgan fingerprint density at radius 2 is 2.43 bits per heavy atom. The van der Waals surface area contributed by atoms with Gasteiger partial charge in [-0.3, -0.25) is 0 Å². The van der Waals surface area contributed by atoms with Crippen LogP contribution in [0.2, 0.25) is 0 Å². The fourth-order valence-corrected chi connectivity index (χ4v) is 1.53. The molecule has 3 heteroatoms. The first-order valence-electron chi connectivity index (χ1n) is 4.92. The molecule has 0 amide bonds. The average molecular weight is 187 g/mol. The molecule has 3 nitrogen and oxygen atoms in total. The summed E-state index contributed by atoms with van der Waals surface area (Å²) in [5.74, 6) is 1.60. The number of nitrogens with one attached hydrogen (secondary N) is 1. The van der Waals surface area contributed by atoms with Gasteiger partial charge < -0.3 is 5.32 Å². The molecule has 14 heavy (non-hydrogen) atoms. The molecule has 1 aliphatic rings. The van der Waals surface area contributed by atoms with Crippen molar-refractivity contribution >= 4 is 5.82 Å².